The summed E-state index contributed by atoms with van der Waals surface area (Å²) in [5, 5.41) is 27.3. The van der Waals surface area contributed by atoms with E-state index in [0.717, 1.165) is 11.1 Å². The van der Waals surface area contributed by atoms with Crippen molar-refractivity contribution in [2.24, 2.45) is 5.41 Å². The molecule has 1 heterocycles. The van der Waals surface area contributed by atoms with Crippen molar-refractivity contribution >= 4 is 17.5 Å². The molecule has 0 saturated heterocycles. The number of aromatic amines is 1. The number of carbonyl (C=O) groups is 1. The zero-order valence-corrected chi connectivity index (χ0v) is 15.8. The van der Waals surface area contributed by atoms with E-state index in [-0.39, 0.29) is 22.6 Å². The lowest BCUT2D eigenvalue weighted by Gasteiger charge is -2.26. The fraction of sp³-hybridized carbons (Fsp3) is 0.263. The van der Waals surface area contributed by atoms with Gasteiger partial charge in [0.15, 0.2) is 5.82 Å². The maximum atomic E-state index is 12.3. The SMILES string of the molecule is CC(C)(CNC(=O)c1ccccc1O)Cc1cc(Cl)ccc1-c1nnn[nH]1. The molecule has 0 bridgehead atoms. The van der Waals surface area contributed by atoms with Crippen LogP contribution in [0.3, 0.4) is 0 Å². The van der Waals surface area contributed by atoms with E-state index in [1.165, 1.54) is 6.07 Å². The van der Waals surface area contributed by atoms with Crippen LogP contribution >= 0.6 is 11.6 Å². The number of carbonyl (C=O) groups excluding carboxylic acids is 1. The third-order valence-electron chi connectivity index (χ3n) is 4.21. The number of hydrogen-bond donors (Lipinski definition) is 3. The van der Waals surface area contributed by atoms with E-state index in [9.17, 15) is 9.90 Å². The number of aromatic nitrogens is 4. The van der Waals surface area contributed by atoms with Crippen LogP contribution < -0.4 is 5.32 Å². The maximum Gasteiger partial charge on any atom is 0.255 e. The van der Waals surface area contributed by atoms with Crippen LogP contribution in [0.2, 0.25) is 5.02 Å². The summed E-state index contributed by atoms with van der Waals surface area (Å²) in [6, 6.07) is 12.0. The van der Waals surface area contributed by atoms with Gasteiger partial charge >= 0.3 is 0 Å². The zero-order valence-electron chi connectivity index (χ0n) is 15.0. The fourth-order valence-electron chi connectivity index (χ4n) is 2.87. The van der Waals surface area contributed by atoms with E-state index < -0.39 is 0 Å². The quantitative estimate of drug-likeness (QED) is 0.604. The van der Waals surface area contributed by atoms with Crippen LogP contribution in [0, 0.1) is 5.41 Å². The van der Waals surface area contributed by atoms with Crippen LogP contribution in [0.25, 0.3) is 11.4 Å². The van der Waals surface area contributed by atoms with E-state index >= 15 is 0 Å². The Morgan fingerprint density at radius 2 is 2.04 bits per heavy atom. The van der Waals surface area contributed by atoms with Crippen LogP contribution in [0.1, 0.15) is 29.8 Å². The topological polar surface area (TPSA) is 104 Å². The molecule has 0 saturated carbocycles. The number of phenols is 1. The van der Waals surface area contributed by atoms with E-state index in [1.807, 2.05) is 26.0 Å². The first-order chi connectivity index (χ1) is 12.9. The summed E-state index contributed by atoms with van der Waals surface area (Å²) in [7, 11) is 0. The van der Waals surface area contributed by atoms with Gasteiger partial charge in [0.25, 0.3) is 5.91 Å². The summed E-state index contributed by atoms with van der Waals surface area (Å²) in [5.74, 6) is 0.213. The Hall–Kier alpha value is -2.93. The van der Waals surface area contributed by atoms with E-state index in [2.05, 4.69) is 25.9 Å². The van der Waals surface area contributed by atoms with Gasteiger partial charge in [-0.3, -0.25) is 4.79 Å². The molecule has 7 nitrogen and oxygen atoms in total. The Morgan fingerprint density at radius 3 is 2.74 bits per heavy atom. The lowest BCUT2D eigenvalue weighted by atomic mass is 9.84. The Bertz CT molecular complexity index is 941. The second kappa shape index (κ2) is 7.75. The molecule has 0 aliphatic carbocycles. The number of halogens is 1. The average molecular weight is 386 g/mol. The molecule has 0 aliphatic heterocycles. The molecule has 140 valence electrons. The molecule has 0 aliphatic rings. The number of phenolic OH excluding ortho intramolecular Hbond substituents is 1. The van der Waals surface area contributed by atoms with Gasteiger partial charge in [0, 0.05) is 17.1 Å². The van der Waals surface area contributed by atoms with Crippen molar-refractivity contribution in [3.05, 3.63) is 58.6 Å². The predicted molar refractivity (Wildman–Crippen MR) is 103 cm³/mol. The van der Waals surface area contributed by atoms with Gasteiger partial charge in [-0.05, 0) is 58.2 Å². The summed E-state index contributed by atoms with van der Waals surface area (Å²) < 4.78 is 0. The van der Waals surface area contributed by atoms with Gasteiger partial charge in [0.1, 0.15) is 5.75 Å². The highest BCUT2D eigenvalue weighted by Crippen LogP contribution is 2.30. The van der Waals surface area contributed by atoms with Crippen LogP contribution in [0.4, 0.5) is 0 Å². The first kappa shape index (κ1) is 18.8. The summed E-state index contributed by atoms with van der Waals surface area (Å²) >= 11 is 6.17. The van der Waals surface area contributed by atoms with Crippen molar-refractivity contribution in [1.82, 2.24) is 25.9 Å². The van der Waals surface area contributed by atoms with Gasteiger partial charge < -0.3 is 10.4 Å². The van der Waals surface area contributed by atoms with Crippen LogP contribution in [0.5, 0.6) is 5.75 Å². The highest BCUT2D eigenvalue weighted by molar-refractivity contribution is 6.30. The lowest BCUT2D eigenvalue weighted by Crippen LogP contribution is -2.35. The second-order valence-corrected chi connectivity index (χ2v) is 7.53. The standard InChI is InChI=1S/C19H20ClN5O2/c1-19(2,11-21-18(27)15-5-3-4-6-16(15)26)10-12-9-13(20)7-8-14(12)17-22-24-25-23-17/h3-9,26H,10-11H2,1-2H3,(H,21,27)(H,22,23,24,25). The number of rotatable bonds is 6. The highest BCUT2D eigenvalue weighted by atomic mass is 35.5. The Morgan fingerprint density at radius 1 is 1.26 bits per heavy atom. The third kappa shape index (κ3) is 4.62. The smallest absolute Gasteiger partial charge is 0.255 e. The number of para-hydroxylation sites is 1. The van der Waals surface area contributed by atoms with Gasteiger partial charge in [-0.1, -0.05) is 37.6 Å². The molecule has 0 atom stereocenters. The Labute approximate surface area is 161 Å². The van der Waals surface area contributed by atoms with Crippen LogP contribution in [-0.2, 0) is 6.42 Å². The fourth-order valence-corrected chi connectivity index (χ4v) is 3.07. The van der Waals surface area contributed by atoms with Crippen molar-refractivity contribution in [3.63, 3.8) is 0 Å². The van der Waals surface area contributed by atoms with E-state index in [4.69, 9.17) is 11.6 Å². The van der Waals surface area contributed by atoms with Crippen molar-refractivity contribution < 1.29 is 9.90 Å². The van der Waals surface area contributed by atoms with Crippen LogP contribution in [0.15, 0.2) is 42.5 Å². The van der Waals surface area contributed by atoms with Crippen molar-refractivity contribution in [1.29, 1.82) is 0 Å². The first-order valence-corrected chi connectivity index (χ1v) is 8.82. The zero-order chi connectivity index (χ0) is 19.4. The molecule has 0 fully saturated rings. The number of benzene rings is 2. The minimum atomic E-state index is -0.313. The monoisotopic (exact) mass is 385 g/mol. The number of nitrogens with one attached hydrogen (secondary N) is 2. The number of H-pyrrole nitrogens is 1. The molecule has 1 amide bonds. The van der Waals surface area contributed by atoms with E-state index in [0.29, 0.717) is 23.8 Å². The van der Waals surface area contributed by atoms with E-state index in [1.54, 1.807) is 24.3 Å². The molecule has 27 heavy (non-hydrogen) atoms. The lowest BCUT2D eigenvalue weighted by molar-refractivity contribution is 0.0933. The summed E-state index contributed by atoms with van der Waals surface area (Å²) in [5.41, 5.74) is 1.82. The second-order valence-electron chi connectivity index (χ2n) is 7.09. The first-order valence-electron chi connectivity index (χ1n) is 8.44. The molecule has 0 unspecified atom stereocenters. The minimum Gasteiger partial charge on any atom is -0.507 e. The normalized spacial score (nSPS) is 11.4. The molecule has 0 radical (unpaired) electrons. The number of hydrogen-bond acceptors (Lipinski definition) is 5. The summed E-state index contributed by atoms with van der Waals surface area (Å²) in [6.45, 7) is 4.50. The molecule has 2 aromatic carbocycles. The Kier molecular flexibility index (Phi) is 5.41. The molecule has 3 aromatic rings. The van der Waals surface area contributed by atoms with Gasteiger partial charge in [-0.2, -0.15) is 0 Å². The number of amides is 1. The van der Waals surface area contributed by atoms with Gasteiger partial charge in [-0.25, -0.2) is 5.10 Å². The van der Waals surface area contributed by atoms with Gasteiger partial charge in [-0.15, -0.1) is 5.10 Å². The Balaban J connectivity index is 1.74. The average Bonchev–Trinajstić information content (AvgIpc) is 3.14. The largest absolute Gasteiger partial charge is 0.507 e. The van der Waals surface area contributed by atoms with Gasteiger partial charge in [0.2, 0.25) is 0 Å². The molecule has 0 spiro atoms. The molecule has 3 rings (SSSR count). The van der Waals surface area contributed by atoms with Crippen molar-refractivity contribution in [3.8, 4) is 17.1 Å². The number of aromatic hydroxyl groups is 1. The molecular formula is C19H20ClN5O2. The minimum absolute atomic E-state index is 0.0391. The van der Waals surface area contributed by atoms with Crippen molar-refractivity contribution in [2.45, 2.75) is 20.3 Å². The van der Waals surface area contributed by atoms with Gasteiger partial charge in [0.05, 0.1) is 5.56 Å². The summed E-state index contributed by atoms with van der Waals surface area (Å²) in [6.07, 6.45) is 0.643. The predicted octanol–water partition coefficient (Wildman–Crippen LogP) is 3.22. The number of tetrazole rings is 1. The summed E-state index contributed by atoms with van der Waals surface area (Å²) in [4.78, 5) is 12.3. The molecule has 3 N–H and O–H groups in total. The molecule has 1 aromatic heterocycles. The third-order valence-corrected chi connectivity index (χ3v) is 4.45. The number of nitrogens with zero attached hydrogens (tertiary/aromatic N) is 3. The molecule has 8 heteroatoms. The van der Waals surface area contributed by atoms with Crippen LogP contribution in [-0.4, -0.2) is 38.2 Å². The molecular weight excluding hydrogens is 366 g/mol. The highest BCUT2D eigenvalue weighted by Gasteiger charge is 2.23. The van der Waals surface area contributed by atoms with Crippen molar-refractivity contribution in [2.75, 3.05) is 6.54 Å². The maximum absolute atomic E-state index is 12.3.